The molecule has 0 spiro atoms. The van der Waals surface area contributed by atoms with Crippen LogP contribution in [0.4, 0.5) is 25.0 Å². The number of pyridine rings is 1. The Balaban J connectivity index is 1.44. The number of likely N-dealkylation sites (N-methyl/N-ethyl adjacent to an activating group) is 1. The molecule has 38 heavy (non-hydrogen) atoms. The summed E-state index contributed by atoms with van der Waals surface area (Å²) in [4.78, 5) is 34.1. The van der Waals surface area contributed by atoms with Gasteiger partial charge in [-0.25, -0.2) is 19.9 Å². The minimum absolute atomic E-state index is 0.0146. The number of oxazole rings is 1. The first-order chi connectivity index (χ1) is 18.0. The van der Waals surface area contributed by atoms with Crippen molar-refractivity contribution in [2.24, 2.45) is 0 Å². The average Bonchev–Trinajstić information content (AvgIpc) is 3.57. The number of aliphatic hydroxyl groups excluding tert-OH is 2. The summed E-state index contributed by atoms with van der Waals surface area (Å²) in [6.45, 7) is -0.178. The number of halogens is 3. The number of hydrogen-bond acceptors (Lipinski definition) is 12. The second-order valence-corrected chi connectivity index (χ2v) is 8.65. The molecule has 0 aliphatic carbocycles. The zero-order chi connectivity index (χ0) is 27.4. The van der Waals surface area contributed by atoms with Crippen LogP contribution >= 0.6 is 0 Å². The van der Waals surface area contributed by atoms with Crippen molar-refractivity contribution in [1.29, 1.82) is 0 Å². The van der Waals surface area contributed by atoms with E-state index in [0.717, 1.165) is 6.07 Å². The summed E-state index contributed by atoms with van der Waals surface area (Å²) in [5, 5.41) is 25.9. The number of fused-ring (bicyclic) bond motifs is 2. The molecule has 1 saturated heterocycles. The predicted molar refractivity (Wildman–Crippen MR) is 124 cm³/mol. The van der Waals surface area contributed by atoms with Gasteiger partial charge in [0.15, 0.2) is 34.9 Å². The van der Waals surface area contributed by atoms with E-state index in [2.05, 4.69) is 35.6 Å². The Morgan fingerprint density at radius 2 is 1.95 bits per heavy atom. The van der Waals surface area contributed by atoms with Crippen LogP contribution in [0.2, 0.25) is 0 Å². The average molecular weight is 537 g/mol. The molecule has 0 bridgehead atoms. The minimum atomic E-state index is -4.71. The highest BCUT2D eigenvalue weighted by Gasteiger charge is 2.47. The van der Waals surface area contributed by atoms with E-state index in [0.29, 0.717) is 0 Å². The van der Waals surface area contributed by atoms with Gasteiger partial charge in [0.25, 0.3) is 11.9 Å². The van der Waals surface area contributed by atoms with Gasteiger partial charge in [-0.2, -0.15) is 18.2 Å². The van der Waals surface area contributed by atoms with Gasteiger partial charge in [0.05, 0.1) is 18.6 Å². The largest absolute Gasteiger partial charge is 0.421 e. The Hall–Kier alpha value is -4.09. The molecule has 1 fully saturated rings. The molecule has 0 radical (unpaired) electrons. The van der Waals surface area contributed by atoms with E-state index in [1.165, 1.54) is 29.2 Å². The second-order valence-electron chi connectivity index (χ2n) is 8.65. The number of nitrogens with zero attached hydrogens (tertiary/aromatic N) is 7. The SMILES string of the molecule is CNC(=O)[C@H]1O[C@@H](n2cnc3c(NCc4cc(C(F)(F)F)c5oc(N(C)C)nc5n4)ncnc32)[C@H](O)[C@@H]1O. The van der Waals surface area contributed by atoms with E-state index >= 15 is 0 Å². The van der Waals surface area contributed by atoms with Gasteiger partial charge in [-0.15, -0.1) is 0 Å². The number of amides is 1. The minimum Gasteiger partial charge on any atom is -0.421 e. The lowest BCUT2D eigenvalue weighted by atomic mass is 10.1. The lowest BCUT2D eigenvalue weighted by Gasteiger charge is -2.16. The number of carbonyl (C=O) groups excluding carboxylic acids is 1. The number of hydrogen-bond donors (Lipinski definition) is 4. The molecule has 1 aliphatic rings. The fraction of sp³-hybridized carbons (Fsp3) is 0.429. The maximum atomic E-state index is 13.7. The summed E-state index contributed by atoms with van der Waals surface area (Å²) < 4.78 is 53.3. The molecule has 5 heterocycles. The number of alkyl halides is 3. The van der Waals surface area contributed by atoms with E-state index < -0.39 is 47.8 Å². The number of anilines is 2. The third-order valence-electron chi connectivity index (χ3n) is 5.90. The number of imidazole rings is 1. The third kappa shape index (κ3) is 4.33. The van der Waals surface area contributed by atoms with E-state index in [-0.39, 0.29) is 40.9 Å². The van der Waals surface area contributed by atoms with Gasteiger partial charge >= 0.3 is 6.18 Å². The zero-order valence-corrected chi connectivity index (χ0v) is 20.1. The van der Waals surface area contributed by atoms with Crippen molar-refractivity contribution in [3.05, 3.63) is 30.0 Å². The fourth-order valence-electron chi connectivity index (χ4n) is 4.04. The Morgan fingerprint density at radius 1 is 1.18 bits per heavy atom. The zero-order valence-electron chi connectivity index (χ0n) is 20.1. The lowest BCUT2D eigenvalue weighted by Crippen LogP contribution is -2.41. The van der Waals surface area contributed by atoms with Gasteiger partial charge in [0.1, 0.15) is 24.1 Å². The molecule has 4 N–H and O–H groups in total. The highest BCUT2D eigenvalue weighted by atomic mass is 19.4. The summed E-state index contributed by atoms with van der Waals surface area (Å²) in [5.74, 6) is -0.456. The van der Waals surface area contributed by atoms with Crippen LogP contribution < -0.4 is 15.5 Å². The predicted octanol–water partition coefficient (Wildman–Crippen LogP) is 0.425. The first kappa shape index (κ1) is 25.6. The molecule has 0 unspecified atom stereocenters. The molecule has 4 aromatic rings. The summed E-state index contributed by atoms with van der Waals surface area (Å²) in [7, 11) is 4.52. The first-order valence-corrected chi connectivity index (χ1v) is 11.2. The molecule has 4 atom stereocenters. The van der Waals surface area contributed by atoms with E-state index in [1.807, 2.05) is 0 Å². The summed E-state index contributed by atoms with van der Waals surface area (Å²) in [5.41, 5.74) is -1.29. The summed E-state index contributed by atoms with van der Waals surface area (Å²) in [6, 6.07) is 0.839. The Morgan fingerprint density at radius 3 is 2.63 bits per heavy atom. The molecule has 17 heteroatoms. The van der Waals surface area contributed by atoms with Gasteiger partial charge in [-0.3, -0.25) is 9.36 Å². The number of aromatic nitrogens is 6. The third-order valence-corrected chi connectivity index (χ3v) is 5.90. The molecule has 0 saturated carbocycles. The van der Waals surface area contributed by atoms with Crippen LogP contribution in [0.15, 0.2) is 23.1 Å². The Bertz CT molecular complexity index is 1510. The van der Waals surface area contributed by atoms with E-state index in [9.17, 15) is 28.2 Å². The van der Waals surface area contributed by atoms with Crippen molar-refractivity contribution in [3.8, 4) is 0 Å². The fourth-order valence-corrected chi connectivity index (χ4v) is 4.04. The molecule has 1 amide bonds. The second kappa shape index (κ2) is 9.34. The van der Waals surface area contributed by atoms with Crippen LogP contribution in [0, 0.1) is 0 Å². The van der Waals surface area contributed by atoms with Crippen LogP contribution in [-0.4, -0.2) is 85.1 Å². The Labute approximate surface area is 211 Å². The molecule has 202 valence electrons. The Kier molecular flexibility index (Phi) is 6.28. The monoisotopic (exact) mass is 537 g/mol. The highest BCUT2D eigenvalue weighted by Crippen LogP contribution is 2.37. The maximum absolute atomic E-state index is 13.7. The van der Waals surface area contributed by atoms with Crippen LogP contribution in [0.5, 0.6) is 0 Å². The van der Waals surface area contributed by atoms with Crippen LogP contribution in [-0.2, 0) is 22.3 Å². The quantitative estimate of drug-likeness (QED) is 0.267. The summed E-state index contributed by atoms with van der Waals surface area (Å²) in [6.07, 6.45) is -7.71. The standard InChI is InChI=1S/C21H22F3N9O5/c1-25-18(36)14-11(34)12(35)19(37-14)33-7-29-10-15(27-6-28-17(10)33)26-5-8-4-9(21(22,23)24)13-16(30-8)31-20(38-13)32(2)3/h4,6-7,11-12,14,19,34-35H,5H2,1-3H3,(H,25,36)(H,26,27,28)/t11-,12+,14-,19+/m0/s1. The van der Waals surface area contributed by atoms with Gasteiger partial charge in [0, 0.05) is 21.1 Å². The number of ether oxygens (including phenoxy) is 1. The normalized spacial score (nSPS) is 21.8. The van der Waals surface area contributed by atoms with Gasteiger partial charge in [-0.05, 0) is 6.07 Å². The molecular weight excluding hydrogens is 515 g/mol. The van der Waals surface area contributed by atoms with E-state index in [4.69, 9.17) is 9.15 Å². The molecule has 4 aromatic heterocycles. The number of nitrogens with one attached hydrogen (secondary N) is 2. The molecule has 1 aliphatic heterocycles. The lowest BCUT2D eigenvalue weighted by molar-refractivity contribution is -0.137. The van der Waals surface area contributed by atoms with Crippen LogP contribution in [0.25, 0.3) is 22.4 Å². The number of carbonyl (C=O) groups is 1. The van der Waals surface area contributed by atoms with Crippen molar-refractivity contribution >= 4 is 40.1 Å². The van der Waals surface area contributed by atoms with Gasteiger partial charge < -0.3 is 34.9 Å². The van der Waals surface area contributed by atoms with Crippen LogP contribution in [0.1, 0.15) is 17.5 Å². The first-order valence-electron chi connectivity index (χ1n) is 11.2. The molecule has 14 nitrogen and oxygen atoms in total. The van der Waals surface area contributed by atoms with Gasteiger partial charge in [-0.1, -0.05) is 0 Å². The van der Waals surface area contributed by atoms with Crippen LogP contribution in [0.3, 0.4) is 0 Å². The van der Waals surface area contributed by atoms with Crippen molar-refractivity contribution in [2.45, 2.75) is 37.3 Å². The topological polar surface area (TPSA) is 177 Å². The van der Waals surface area contributed by atoms with Crippen molar-refractivity contribution in [2.75, 3.05) is 31.4 Å². The van der Waals surface area contributed by atoms with Gasteiger partial charge in [0.2, 0.25) is 5.65 Å². The van der Waals surface area contributed by atoms with Crippen molar-refractivity contribution < 1.29 is 37.3 Å². The highest BCUT2D eigenvalue weighted by molar-refractivity contribution is 5.83. The van der Waals surface area contributed by atoms with Crippen molar-refractivity contribution in [1.82, 2.24) is 34.8 Å². The van der Waals surface area contributed by atoms with E-state index in [1.54, 1.807) is 14.1 Å². The van der Waals surface area contributed by atoms with Crippen molar-refractivity contribution in [3.63, 3.8) is 0 Å². The molecular formula is C21H22F3N9O5. The smallest absolute Gasteiger partial charge is 0.420 e. The molecule has 0 aromatic carbocycles. The number of rotatable bonds is 6. The maximum Gasteiger partial charge on any atom is 0.420 e. The molecule has 5 rings (SSSR count). The number of aliphatic hydroxyl groups is 2. The summed E-state index contributed by atoms with van der Waals surface area (Å²) >= 11 is 0.